The van der Waals surface area contributed by atoms with E-state index < -0.39 is 0 Å². The lowest BCUT2D eigenvalue weighted by Crippen LogP contribution is -2.01. The number of fused-ring (bicyclic) bond motifs is 12. The number of para-hydroxylation sites is 3. The number of benzene rings is 9. The Morgan fingerprint density at radius 2 is 0.893 bits per heavy atom. The second-order valence-electron chi connectivity index (χ2n) is 14.5. The van der Waals surface area contributed by atoms with Crippen molar-refractivity contribution in [1.82, 2.24) is 19.1 Å². The molecule has 0 atom stereocenters. The Labute approximate surface area is 322 Å². The molecule has 0 amide bonds. The van der Waals surface area contributed by atoms with Crippen molar-refractivity contribution in [2.45, 2.75) is 0 Å². The van der Waals surface area contributed by atoms with Gasteiger partial charge in [-0.15, -0.1) is 0 Å². The highest BCUT2D eigenvalue weighted by atomic mass is 15.0. The minimum Gasteiger partial charge on any atom is -0.309 e. The minimum absolute atomic E-state index is 0.851. The summed E-state index contributed by atoms with van der Waals surface area (Å²) in [6, 6.07) is 69.3. The van der Waals surface area contributed by atoms with Crippen molar-refractivity contribution < 1.29 is 0 Å². The van der Waals surface area contributed by atoms with E-state index in [1.54, 1.807) is 0 Å². The highest BCUT2D eigenvalue weighted by Gasteiger charge is 2.23. The number of nitrogens with zero attached hydrogens (tertiary/aromatic N) is 4. The lowest BCUT2D eigenvalue weighted by Gasteiger charge is -2.15. The summed E-state index contributed by atoms with van der Waals surface area (Å²) < 4.78 is 4.88. The van der Waals surface area contributed by atoms with Crippen molar-refractivity contribution in [3.63, 3.8) is 0 Å². The molecule has 0 saturated carbocycles. The highest BCUT2D eigenvalue weighted by molar-refractivity contribution is 6.33. The zero-order valence-electron chi connectivity index (χ0n) is 30.3. The van der Waals surface area contributed by atoms with E-state index in [-0.39, 0.29) is 0 Å². The highest BCUT2D eigenvalue weighted by Crippen LogP contribution is 2.45. The van der Waals surface area contributed by atoms with Gasteiger partial charge >= 0.3 is 0 Å². The molecule has 0 spiro atoms. The van der Waals surface area contributed by atoms with Gasteiger partial charge in [0.25, 0.3) is 0 Å². The molecule has 0 unspecified atom stereocenters. The summed E-state index contributed by atoms with van der Waals surface area (Å²) in [5.74, 6) is 0. The van der Waals surface area contributed by atoms with Crippen molar-refractivity contribution in [3.05, 3.63) is 194 Å². The van der Waals surface area contributed by atoms with Crippen molar-refractivity contribution in [2.24, 2.45) is 0 Å². The van der Waals surface area contributed by atoms with Crippen molar-refractivity contribution in [1.29, 1.82) is 0 Å². The molecule has 56 heavy (non-hydrogen) atoms. The maximum Gasteiger partial charge on any atom is 0.113 e. The van der Waals surface area contributed by atoms with Crippen LogP contribution < -0.4 is 0 Å². The van der Waals surface area contributed by atoms with Gasteiger partial charge in [0.05, 0.1) is 44.7 Å². The molecule has 0 bridgehead atoms. The summed E-state index contributed by atoms with van der Waals surface area (Å²) in [7, 11) is 0. The first-order chi connectivity index (χ1) is 27.8. The second-order valence-corrected chi connectivity index (χ2v) is 14.5. The molecule has 0 N–H and O–H groups in total. The fourth-order valence-corrected chi connectivity index (χ4v) is 9.08. The Bertz CT molecular complexity index is 3510. The van der Waals surface area contributed by atoms with Gasteiger partial charge < -0.3 is 9.13 Å². The maximum atomic E-state index is 5.53. The Balaban J connectivity index is 1.25. The molecule has 12 aromatic rings. The Kier molecular flexibility index (Phi) is 6.60. The van der Waals surface area contributed by atoms with Crippen molar-refractivity contribution in [3.8, 4) is 33.9 Å². The van der Waals surface area contributed by atoms with Crippen LogP contribution in [0.5, 0.6) is 0 Å². The van der Waals surface area contributed by atoms with Crippen molar-refractivity contribution in [2.75, 3.05) is 0 Å². The van der Waals surface area contributed by atoms with Crippen LogP contribution in [-0.4, -0.2) is 19.1 Å². The average Bonchev–Trinajstić information content (AvgIpc) is 3.78. The third-order valence-corrected chi connectivity index (χ3v) is 11.5. The molecule has 3 heterocycles. The largest absolute Gasteiger partial charge is 0.309 e. The molecule has 3 aromatic heterocycles. The summed E-state index contributed by atoms with van der Waals surface area (Å²) in [4.78, 5) is 10.9. The van der Waals surface area contributed by atoms with Crippen LogP contribution >= 0.6 is 0 Å². The average molecular weight is 713 g/mol. The third-order valence-electron chi connectivity index (χ3n) is 11.5. The van der Waals surface area contributed by atoms with Crippen molar-refractivity contribution >= 4 is 76.2 Å². The second kappa shape index (κ2) is 12.0. The van der Waals surface area contributed by atoms with E-state index in [4.69, 9.17) is 9.97 Å². The Morgan fingerprint density at radius 3 is 1.61 bits per heavy atom. The molecule has 0 radical (unpaired) electrons. The van der Waals surface area contributed by atoms with E-state index in [1.165, 1.54) is 48.6 Å². The molecular weight excluding hydrogens is 681 g/mol. The normalized spacial score (nSPS) is 11.9. The summed E-state index contributed by atoms with van der Waals surface area (Å²) in [5.41, 5.74) is 12.3. The van der Waals surface area contributed by atoms with Crippen LogP contribution in [0.25, 0.3) is 110 Å². The number of rotatable bonds is 4. The van der Waals surface area contributed by atoms with Gasteiger partial charge in [-0.05, 0) is 58.6 Å². The first-order valence-corrected chi connectivity index (χ1v) is 19.1. The van der Waals surface area contributed by atoms with E-state index in [2.05, 4.69) is 191 Å². The van der Waals surface area contributed by atoms with Crippen LogP contribution in [0.4, 0.5) is 0 Å². The molecule has 4 heteroatoms. The van der Waals surface area contributed by atoms with Gasteiger partial charge in [-0.25, -0.2) is 9.97 Å². The standard InChI is InChI=1S/C52H32N4/c1-4-17-33(18-5-1)49-50(34-19-6-2-7-20-34)54-51-43(53-49)28-16-30-45(51)56-44-29-15-14-25-38(44)41-31-42-47(32-46(41)56)55(35-21-8-3-9-22-35)52-40-27-13-11-24-37(40)36-23-10-12-26-39(36)48(42)52/h1-32H. The predicted octanol–water partition coefficient (Wildman–Crippen LogP) is 13.5. The Morgan fingerprint density at radius 1 is 0.339 bits per heavy atom. The molecular formula is C52H32N4. The maximum absolute atomic E-state index is 5.53. The predicted molar refractivity (Wildman–Crippen MR) is 234 cm³/mol. The van der Waals surface area contributed by atoms with Gasteiger partial charge in [0.1, 0.15) is 5.52 Å². The molecule has 260 valence electrons. The fraction of sp³-hybridized carbons (Fsp3) is 0. The fourth-order valence-electron chi connectivity index (χ4n) is 9.08. The zero-order valence-corrected chi connectivity index (χ0v) is 30.3. The number of hydrogen-bond acceptors (Lipinski definition) is 2. The quantitative estimate of drug-likeness (QED) is 0.170. The smallest absolute Gasteiger partial charge is 0.113 e. The van der Waals surface area contributed by atoms with Crippen LogP contribution in [0.15, 0.2) is 194 Å². The van der Waals surface area contributed by atoms with E-state index in [9.17, 15) is 0 Å². The third kappa shape index (κ3) is 4.41. The summed E-state index contributed by atoms with van der Waals surface area (Å²) in [5, 5.41) is 9.93. The topological polar surface area (TPSA) is 35.6 Å². The number of aromatic nitrogens is 4. The molecule has 0 fully saturated rings. The van der Waals surface area contributed by atoms with E-state index in [0.717, 1.165) is 61.5 Å². The van der Waals surface area contributed by atoms with E-state index >= 15 is 0 Å². The molecule has 0 aliphatic heterocycles. The summed E-state index contributed by atoms with van der Waals surface area (Å²) >= 11 is 0. The van der Waals surface area contributed by atoms with Crippen LogP contribution in [0.1, 0.15) is 0 Å². The van der Waals surface area contributed by atoms with Gasteiger partial charge in [0, 0.05) is 43.7 Å². The van der Waals surface area contributed by atoms with Gasteiger partial charge in [-0.2, -0.15) is 0 Å². The van der Waals surface area contributed by atoms with Crippen LogP contribution in [-0.2, 0) is 0 Å². The lowest BCUT2D eigenvalue weighted by atomic mass is 9.96. The van der Waals surface area contributed by atoms with Gasteiger partial charge in [-0.1, -0.05) is 152 Å². The molecule has 9 aromatic carbocycles. The summed E-state index contributed by atoms with van der Waals surface area (Å²) in [6.07, 6.45) is 0. The molecule has 12 rings (SSSR count). The summed E-state index contributed by atoms with van der Waals surface area (Å²) in [6.45, 7) is 0. The van der Waals surface area contributed by atoms with Crippen LogP contribution in [0, 0.1) is 0 Å². The van der Waals surface area contributed by atoms with Gasteiger partial charge in [-0.3, -0.25) is 0 Å². The van der Waals surface area contributed by atoms with Crippen LogP contribution in [0.3, 0.4) is 0 Å². The monoisotopic (exact) mass is 712 g/mol. The first-order valence-electron chi connectivity index (χ1n) is 19.1. The van der Waals surface area contributed by atoms with Gasteiger partial charge in [0.2, 0.25) is 0 Å². The molecule has 0 saturated heterocycles. The first kappa shape index (κ1) is 30.9. The van der Waals surface area contributed by atoms with Crippen LogP contribution in [0.2, 0.25) is 0 Å². The van der Waals surface area contributed by atoms with Gasteiger partial charge in [0.15, 0.2) is 0 Å². The zero-order chi connectivity index (χ0) is 36.7. The SMILES string of the molecule is c1ccc(-c2nc3cccc(-n4c5ccccc5c5cc6c7c8ccccc8c8ccccc8c7n(-c7ccccc7)c6cc54)c3nc2-c2ccccc2)cc1. The van der Waals surface area contributed by atoms with E-state index in [1.807, 2.05) is 12.1 Å². The number of hydrogen-bond donors (Lipinski definition) is 0. The lowest BCUT2D eigenvalue weighted by molar-refractivity contribution is 1.16. The molecule has 4 nitrogen and oxygen atoms in total. The Hall–Kier alpha value is -7.56. The van der Waals surface area contributed by atoms with E-state index in [0.29, 0.717) is 0 Å². The molecule has 0 aliphatic rings. The minimum atomic E-state index is 0.851. The molecule has 0 aliphatic carbocycles.